The molecule has 5 fully saturated rings. The van der Waals surface area contributed by atoms with Crippen LogP contribution in [0.15, 0.2) is 28.8 Å². The lowest BCUT2D eigenvalue weighted by atomic mass is 9.78. The van der Waals surface area contributed by atoms with Crippen LogP contribution in [-0.2, 0) is 9.59 Å². The molecule has 8 heteroatoms. The Balaban J connectivity index is 0.976. The van der Waals surface area contributed by atoms with Crippen LogP contribution >= 0.6 is 0 Å². The van der Waals surface area contributed by atoms with Gasteiger partial charge in [0.25, 0.3) is 0 Å². The number of nitrogens with zero attached hydrogens (tertiary/aromatic N) is 3. The highest BCUT2D eigenvalue weighted by Gasteiger charge is 2.67. The van der Waals surface area contributed by atoms with Gasteiger partial charge in [0, 0.05) is 36.2 Å². The average molecular weight is 494 g/mol. The molecule has 5 aliphatic rings. The Kier molecular flexibility index (Phi) is 5.49. The molecule has 0 radical (unpaired) electrons. The van der Waals surface area contributed by atoms with Crippen LogP contribution in [0, 0.1) is 35.5 Å². The van der Waals surface area contributed by atoms with Gasteiger partial charge in [-0.1, -0.05) is 23.7 Å². The minimum atomic E-state index is -0.870. The first-order valence-corrected chi connectivity index (χ1v) is 13.8. The Morgan fingerprint density at radius 1 is 0.889 bits per heavy atom. The van der Waals surface area contributed by atoms with Gasteiger partial charge >= 0.3 is 0 Å². The van der Waals surface area contributed by atoms with E-state index in [1.807, 2.05) is 18.2 Å². The molecule has 1 aromatic heterocycles. The molecule has 2 aromatic rings. The molecule has 3 saturated carbocycles. The zero-order valence-electron chi connectivity index (χ0n) is 20.5. The predicted octanol–water partition coefficient (Wildman–Crippen LogP) is 2.40. The highest BCUT2D eigenvalue weighted by Crippen LogP contribution is 2.56. The summed E-state index contributed by atoms with van der Waals surface area (Å²) in [5.74, 6) is -0.336. The first-order valence-electron chi connectivity index (χ1n) is 13.8. The van der Waals surface area contributed by atoms with Crippen molar-refractivity contribution in [3.8, 4) is 0 Å². The highest BCUT2D eigenvalue weighted by atomic mass is 16.5. The minimum Gasteiger partial charge on any atom is -0.390 e. The minimum absolute atomic E-state index is 0.102. The van der Waals surface area contributed by atoms with E-state index in [0.717, 1.165) is 68.4 Å². The van der Waals surface area contributed by atoms with E-state index in [2.05, 4.69) is 16.1 Å². The van der Waals surface area contributed by atoms with Gasteiger partial charge in [0.05, 0.1) is 29.7 Å². The van der Waals surface area contributed by atoms with Crippen molar-refractivity contribution in [1.29, 1.82) is 0 Å². The summed E-state index contributed by atoms with van der Waals surface area (Å²) in [4.78, 5) is 30.6. The summed E-state index contributed by atoms with van der Waals surface area (Å²) >= 11 is 0. The molecule has 2 aliphatic heterocycles. The molecule has 36 heavy (non-hydrogen) atoms. The molecule has 2 saturated heterocycles. The molecule has 1 aromatic carbocycles. The van der Waals surface area contributed by atoms with Crippen LogP contribution in [0.2, 0.25) is 0 Å². The number of aliphatic hydroxyl groups is 2. The van der Waals surface area contributed by atoms with Gasteiger partial charge in [0.2, 0.25) is 11.8 Å². The number of amides is 2. The number of likely N-dealkylation sites (tertiary alicyclic amines) is 2. The third kappa shape index (κ3) is 3.41. The van der Waals surface area contributed by atoms with Crippen LogP contribution in [0.5, 0.6) is 0 Å². The van der Waals surface area contributed by atoms with Crippen LogP contribution in [0.1, 0.15) is 50.1 Å². The Morgan fingerprint density at radius 2 is 1.53 bits per heavy atom. The van der Waals surface area contributed by atoms with E-state index in [1.54, 1.807) is 0 Å². The first-order chi connectivity index (χ1) is 17.5. The highest BCUT2D eigenvalue weighted by molar-refractivity contribution is 6.06. The lowest BCUT2D eigenvalue weighted by Crippen LogP contribution is -2.43. The van der Waals surface area contributed by atoms with Crippen molar-refractivity contribution in [3.05, 3.63) is 30.0 Å². The molecule has 2 N–H and O–H groups in total. The van der Waals surface area contributed by atoms with E-state index in [4.69, 9.17) is 4.52 Å². The quantitative estimate of drug-likeness (QED) is 0.616. The van der Waals surface area contributed by atoms with E-state index in [-0.39, 0.29) is 23.7 Å². The number of aromatic nitrogens is 1. The van der Waals surface area contributed by atoms with Gasteiger partial charge in [0.15, 0.2) is 5.58 Å². The van der Waals surface area contributed by atoms with Crippen molar-refractivity contribution in [3.63, 3.8) is 0 Å². The van der Waals surface area contributed by atoms with E-state index in [1.165, 1.54) is 4.90 Å². The monoisotopic (exact) mass is 493 g/mol. The van der Waals surface area contributed by atoms with Crippen molar-refractivity contribution >= 4 is 22.8 Å². The molecular formula is C28H35N3O5. The van der Waals surface area contributed by atoms with E-state index >= 15 is 0 Å². The summed E-state index contributed by atoms with van der Waals surface area (Å²) in [7, 11) is 0. The third-order valence-electron chi connectivity index (χ3n) is 10.3. The number of benzene rings is 1. The lowest BCUT2D eigenvalue weighted by molar-refractivity contribution is -0.142. The molecule has 2 bridgehead atoms. The van der Waals surface area contributed by atoms with Crippen molar-refractivity contribution in [2.45, 2.75) is 56.7 Å². The Bertz CT molecular complexity index is 1140. The number of carbonyl (C=O) groups excluding carboxylic acids is 2. The SMILES string of the molecule is O=C1C2C3CC(C(O)C3O)C2C(=O)N1C[C@H]1CCC[C@@H]1CN1CCC(c2noc3ccccc23)CC1. The fraction of sp³-hybridized carbons (Fsp3) is 0.679. The van der Waals surface area contributed by atoms with Gasteiger partial charge < -0.3 is 19.6 Å². The maximum Gasteiger partial charge on any atom is 0.233 e. The molecule has 0 spiro atoms. The Labute approximate surface area is 210 Å². The molecule has 8 atom stereocenters. The van der Waals surface area contributed by atoms with Gasteiger partial charge in [-0.25, -0.2) is 0 Å². The Morgan fingerprint density at radius 3 is 2.22 bits per heavy atom. The molecular weight excluding hydrogens is 458 g/mol. The fourth-order valence-electron chi connectivity index (χ4n) is 8.42. The number of hydrogen-bond donors (Lipinski definition) is 2. The number of piperidine rings is 1. The van der Waals surface area contributed by atoms with Crippen molar-refractivity contribution in [2.75, 3.05) is 26.2 Å². The van der Waals surface area contributed by atoms with Crippen LogP contribution < -0.4 is 0 Å². The second-order valence-electron chi connectivity index (χ2n) is 12.0. The standard InChI is InChI=1S/C28H35N3O5/c32-25-19-12-20(26(25)33)23-22(19)27(34)31(28(23)35)14-17-5-3-4-16(17)13-30-10-8-15(9-11-30)24-18-6-1-2-7-21(18)36-29-24/h1-2,6-7,15-17,19-20,22-23,25-26,32-33H,3-5,8-14H2/t16-,17-,19?,20?,22?,23?,25?,26?/m1/s1. The number of aliphatic hydroxyl groups excluding tert-OH is 2. The summed E-state index contributed by atoms with van der Waals surface area (Å²) < 4.78 is 5.54. The van der Waals surface area contributed by atoms with Crippen LogP contribution in [0.4, 0.5) is 0 Å². The summed E-state index contributed by atoms with van der Waals surface area (Å²) in [5, 5.41) is 26.2. The van der Waals surface area contributed by atoms with Crippen molar-refractivity contribution in [2.24, 2.45) is 35.5 Å². The molecule has 6 unspecified atom stereocenters. The molecule has 3 heterocycles. The number of carbonyl (C=O) groups is 2. The summed E-state index contributed by atoms with van der Waals surface area (Å²) in [6.45, 7) is 3.57. The first kappa shape index (κ1) is 22.9. The van der Waals surface area contributed by atoms with Crippen LogP contribution in [0.25, 0.3) is 11.0 Å². The lowest BCUT2D eigenvalue weighted by Gasteiger charge is -2.35. The zero-order valence-corrected chi connectivity index (χ0v) is 20.5. The van der Waals surface area contributed by atoms with Gasteiger partial charge in [-0.2, -0.15) is 0 Å². The average Bonchev–Trinajstić information content (AvgIpc) is 3.69. The van der Waals surface area contributed by atoms with E-state index < -0.39 is 24.0 Å². The summed E-state index contributed by atoms with van der Waals surface area (Å²) in [6.07, 6.45) is 4.32. The smallest absolute Gasteiger partial charge is 0.233 e. The maximum atomic E-state index is 13.3. The third-order valence-corrected chi connectivity index (χ3v) is 10.3. The molecule has 192 valence electrons. The predicted molar refractivity (Wildman–Crippen MR) is 131 cm³/mol. The van der Waals surface area contributed by atoms with E-state index in [0.29, 0.717) is 30.7 Å². The maximum absolute atomic E-state index is 13.3. The van der Waals surface area contributed by atoms with E-state index in [9.17, 15) is 19.8 Å². The Hall–Kier alpha value is -2.29. The molecule has 2 amide bonds. The number of para-hydroxylation sites is 1. The summed E-state index contributed by atoms with van der Waals surface area (Å²) in [5.41, 5.74) is 1.95. The second kappa shape index (κ2) is 8.64. The molecule has 3 aliphatic carbocycles. The number of hydrogen-bond acceptors (Lipinski definition) is 7. The number of rotatable bonds is 5. The number of imide groups is 1. The van der Waals surface area contributed by atoms with Crippen LogP contribution in [-0.4, -0.2) is 75.4 Å². The summed E-state index contributed by atoms with van der Waals surface area (Å²) in [6, 6.07) is 8.08. The van der Waals surface area contributed by atoms with Gasteiger partial charge in [-0.15, -0.1) is 0 Å². The van der Waals surface area contributed by atoms with Crippen molar-refractivity contribution in [1.82, 2.24) is 15.0 Å². The van der Waals surface area contributed by atoms with Gasteiger partial charge in [0.1, 0.15) is 0 Å². The second-order valence-corrected chi connectivity index (χ2v) is 12.0. The van der Waals surface area contributed by atoms with Crippen molar-refractivity contribution < 1.29 is 24.3 Å². The fourth-order valence-corrected chi connectivity index (χ4v) is 8.42. The normalized spacial score (nSPS) is 39.1. The number of fused-ring (bicyclic) bond motifs is 6. The van der Waals surface area contributed by atoms with Crippen LogP contribution in [0.3, 0.4) is 0 Å². The van der Waals surface area contributed by atoms with Gasteiger partial charge in [-0.05, 0) is 69.2 Å². The molecule has 8 nitrogen and oxygen atoms in total. The molecule has 7 rings (SSSR count). The largest absolute Gasteiger partial charge is 0.390 e. The van der Waals surface area contributed by atoms with Gasteiger partial charge in [-0.3, -0.25) is 14.5 Å². The topological polar surface area (TPSA) is 107 Å². The zero-order chi connectivity index (χ0) is 24.6.